The lowest BCUT2D eigenvalue weighted by atomic mass is 10.1. The molecule has 2 aliphatic carbocycles. The molecule has 4 N–H and O–H groups in total. The second-order valence-electron chi connectivity index (χ2n) is 10.0. The summed E-state index contributed by atoms with van der Waals surface area (Å²) in [6.07, 6.45) is 7.72. The maximum absolute atomic E-state index is 11.7. The van der Waals surface area contributed by atoms with E-state index in [4.69, 9.17) is 9.47 Å². The second-order valence-corrected chi connectivity index (χ2v) is 10.0. The van der Waals surface area contributed by atoms with Gasteiger partial charge in [-0.25, -0.2) is 9.59 Å². The van der Waals surface area contributed by atoms with Crippen LogP contribution in [-0.2, 0) is 22.7 Å². The van der Waals surface area contributed by atoms with Crippen molar-refractivity contribution in [3.63, 3.8) is 0 Å². The Morgan fingerprint density at radius 2 is 0.974 bits per heavy atom. The molecule has 2 aromatic carbocycles. The number of rotatable bonds is 6. The molecule has 2 saturated carbocycles. The fourth-order valence-electron chi connectivity index (χ4n) is 4.75. The minimum atomic E-state index is -0.452. The molecule has 208 valence electrons. The predicted molar refractivity (Wildman–Crippen MR) is 145 cm³/mol. The Hall–Kier alpha value is -3.10. The first-order chi connectivity index (χ1) is 18.5. The van der Waals surface area contributed by atoms with Crippen molar-refractivity contribution in [1.82, 2.24) is 10.6 Å². The van der Waals surface area contributed by atoms with Gasteiger partial charge in [-0.3, -0.25) is 0 Å². The average molecular weight is 527 g/mol. The van der Waals surface area contributed by atoms with E-state index < -0.39 is 24.4 Å². The van der Waals surface area contributed by atoms with Crippen LogP contribution >= 0.6 is 0 Å². The Bertz CT molecular complexity index is 865. The highest BCUT2D eigenvalue weighted by Crippen LogP contribution is 2.19. The predicted octanol–water partition coefficient (Wildman–Crippen LogP) is 5.21. The zero-order valence-corrected chi connectivity index (χ0v) is 22.1. The standard InChI is InChI=1S/2C15H21NO3/c2*17-14-10-6-2-5-9-13(14)16-15(18)19-11-12-7-3-1-4-8-12/h2*1,3-4,7-8,13-14,17H,2,5-6,9-11H2,(H,16,18)/t2*13-,14+/m10/s1. The van der Waals surface area contributed by atoms with Crippen molar-refractivity contribution in [2.45, 2.75) is 102 Å². The van der Waals surface area contributed by atoms with Crippen LogP contribution in [0, 0.1) is 0 Å². The molecule has 4 atom stereocenters. The van der Waals surface area contributed by atoms with Crippen molar-refractivity contribution in [3.05, 3.63) is 71.8 Å². The molecule has 0 aliphatic heterocycles. The van der Waals surface area contributed by atoms with Crippen molar-refractivity contribution >= 4 is 12.2 Å². The first kappa shape index (κ1) is 29.5. The van der Waals surface area contributed by atoms with Crippen LogP contribution in [0.4, 0.5) is 9.59 Å². The summed E-state index contributed by atoms with van der Waals surface area (Å²) < 4.78 is 10.3. The fourth-order valence-corrected chi connectivity index (χ4v) is 4.75. The lowest BCUT2D eigenvalue weighted by molar-refractivity contribution is 0.0976. The molecule has 0 aromatic heterocycles. The summed E-state index contributed by atoms with van der Waals surface area (Å²) in [6.45, 7) is 0.519. The molecule has 0 heterocycles. The third-order valence-corrected chi connectivity index (χ3v) is 6.99. The molecule has 38 heavy (non-hydrogen) atoms. The van der Waals surface area contributed by atoms with Gasteiger partial charge in [-0.1, -0.05) is 99.2 Å². The average Bonchev–Trinajstić information content (AvgIpc) is 3.27. The van der Waals surface area contributed by atoms with E-state index in [1.54, 1.807) is 0 Å². The van der Waals surface area contributed by atoms with Gasteiger partial charge in [-0.15, -0.1) is 0 Å². The topological polar surface area (TPSA) is 117 Å². The van der Waals surface area contributed by atoms with Gasteiger partial charge in [0.1, 0.15) is 13.2 Å². The van der Waals surface area contributed by atoms with Crippen molar-refractivity contribution in [2.24, 2.45) is 0 Å². The first-order valence-electron chi connectivity index (χ1n) is 13.8. The Labute approximate surface area is 225 Å². The highest BCUT2D eigenvalue weighted by molar-refractivity contribution is 5.68. The largest absolute Gasteiger partial charge is 0.445 e. The third-order valence-electron chi connectivity index (χ3n) is 6.99. The number of hydrogen-bond donors (Lipinski definition) is 4. The highest BCUT2D eigenvalue weighted by atomic mass is 16.6. The van der Waals surface area contributed by atoms with Crippen molar-refractivity contribution < 1.29 is 29.3 Å². The summed E-state index contributed by atoms with van der Waals surface area (Å²) in [7, 11) is 0. The van der Waals surface area contributed by atoms with Crippen LogP contribution in [0.15, 0.2) is 60.7 Å². The number of alkyl carbamates (subject to hydrolysis) is 2. The minimum absolute atomic E-state index is 0.175. The van der Waals surface area contributed by atoms with E-state index in [0.29, 0.717) is 0 Å². The highest BCUT2D eigenvalue weighted by Gasteiger charge is 2.24. The van der Waals surface area contributed by atoms with Gasteiger partial charge in [0.2, 0.25) is 0 Å². The molecular weight excluding hydrogens is 484 g/mol. The van der Waals surface area contributed by atoms with E-state index in [-0.39, 0.29) is 25.3 Å². The third kappa shape index (κ3) is 11.1. The molecule has 0 saturated heterocycles. The van der Waals surface area contributed by atoms with Crippen LogP contribution in [0.5, 0.6) is 0 Å². The first-order valence-corrected chi connectivity index (χ1v) is 13.8. The van der Waals surface area contributed by atoms with Gasteiger partial charge >= 0.3 is 12.2 Å². The monoisotopic (exact) mass is 526 g/mol. The van der Waals surface area contributed by atoms with Gasteiger partial charge in [0.25, 0.3) is 0 Å². The number of aliphatic hydroxyl groups excluding tert-OH is 2. The maximum Gasteiger partial charge on any atom is 0.407 e. The Kier molecular flexibility index (Phi) is 12.9. The van der Waals surface area contributed by atoms with E-state index in [9.17, 15) is 19.8 Å². The number of hydrogen-bond acceptors (Lipinski definition) is 6. The van der Waals surface area contributed by atoms with Crippen molar-refractivity contribution in [1.29, 1.82) is 0 Å². The molecule has 2 aromatic rings. The number of amides is 2. The molecule has 8 heteroatoms. The van der Waals surface area contributed by atoms with Crippen LogP contribution in [0.2, 0.25) is 0 Å². The zero-order chi connectivity index (χ0) is 27.0. The van der Waals surface area contributed by atoms with E-state index >= 15 is 0 Å². The van der Waals surface area contributed by atoms with Crippen LogP contribution in [0.3, 0.4) is 0 Å². The van der Waals surface area contributed by atoms with Crippen LogP contribution < -0.4 is 10.6 Å². The molecule has 2 amide bonds. The summed E-state index contributed by atoms with van der Waals surface area (Å²) in [5.74, 6) is 0. The molecule has 2 fully saturated rings. The lowest BCUT2D eigenvalue weighted by Crippen LogP contribution is -2.42. The molecular formula is C30H42N2O6. The van der Waals surface area contributed by atoms with Crippen LogP contribution in [0.25, 0.3) is 0 Å². The smallest absolute Gasteiger partial charge is 0.407 e. The van der Waals surface area contributed by atoms with Gasteiger partial charge in [-0.2, -0.15) is 0 Å². The van der Waals surface area contributed by atoms with Gasteiger partial charge < -0.3 is 30.3 Å². The Balaban J connectivity index is 0.000000211. The second kappa shape index (κ2) is 16.7. The van der Waals surface area contributed by atoms with E-state index in [1.165, 1.54) is 0 Å². The molecule has 0 spiro atoms. The summed E-state index contributed by atoms with van der Waals surface area (Å²) in [5.41, 5.74) is 1.91. The molecule has 2 aliphatic rings. The normalized spacial score (nSPS) is 23.4. The van der Waals surface area contributed by atoms with E-state index in [2.05, 4.69) is 10.6 Å². The van der Waals surface area contributed by atoms with Crippen LogP contribution in [0.1, 0.15) is 75.3 Å². The summed E-state index contributed by atoms with van der Waals surface area (Å²) >= 11 is 0. The van der Waals surface area contributed by atoms with Gasteiger partial charge in [0.15, 0.2) is 0 Å². The van der Waals surface area contributed by atoms with E-state index in [1.807, 2.05) is 60.7 Å². The number of carbonyl (C=O) groups is 2. The Morgan fingerprint density at radius 1 is 0.605 bits per heavy atom. The van der Waals surface area contributed by atoms with Crippen LogP contribution in [-0.4, -0.2) is 46.7 Å². The number of aliphatic hydroxyl groups is 2. The molecule has 0 unspecified atom stereocenters. The number of ether oxygens (including phenoxy) is 2. The Morgan fingerprint density at radius 3 is 1.37 bits per heavy atom. The summed E-state index contributed by atoms with van der Waals surface area (Å²) in [6, 6.07) is 18.8. The maximum atomic E-state index is 11.7. The van der Waals surface area contributed by atoms with E-state index in [0.717, 1.165) is 75.3 Å². The lowest BCUT2D eigenvalue weighted by Gasteiger charge is -2.21. The zero-order valence-electron chi connectivity index (χ0n) is 22.1. The number of nitrogens with one attached hydrogen (secondary N) is 2. The molecule has 4 rings (SSSR count). The molecule has 0 bridgehead atoms. The summed E-state index contributed by atoms with van der Waals surface area (Å²) in [5, 5.41) is 25.4. The number of benzene rings is 2. The SMILES string of the molecule is O=C(N[C@@H]1CCCCC[C@@H]1O)OCc1ccccc1.O=C(N[C@H]1CCCCC[C@H]1O)OCc1ccccc1. The van der Waals surface area contributed by atoms with Gasteiger partial charge in [0, 0.05) is 0 Å². The van der Waals surface area contributed by atoms with Gasteiger partial charge in [0.05, 0.1) is 24.3 Å². The number of carbonyl (C=O) groups excluding carboxylic acids is 2. The fraction of sp³-hybridized carbons (Fsp3) is 0.533. The van der Waals surface area contributed by atoms with Crippen molar-refractivity contribution in [3.8, 4) is 0 Å². The summed E-state index contributed by atoms with van der Waals surface area (Å²) in [4.78, 5) is 23.4. The van der Waals surface area contributed by atoms with Crippen molar-refractivity contribution in [2.75, 3.05) is 0 Å². The minimum Gasteiger partial charge on any atom is -0.445 e. The molecule has 8 nitrogen and oxygen atoms in total. The molecule has 0 radical (unpaired) electrons. The van der Waals surface area contributed by atoms with Gasteiger partial charge in [-0.05, 0) is 36.8 Å². The quantitative estimate of drug-likeness (QED) is 0.384.